The summed E-state index contributed by atoms with van der Waals surface area (Å²) in [4.78, 5) is 13.4. The Labute approximate surface area is 113 Å². The highest BCUT2D eigenvalue weighted by Gasteiger charge is 2.16. The van der Waals surface area contributed by atoms with Crippen LogP contribution in [0.3, 0.4) is 0 Å². The van der Waals surface area contributed by atoms with Crippen molar-refractivity contribution < 1.29 is 9.90 Å². The molecule has 19 heavy (non-hydrogen) atoms. The van der Waals surface area contributed by atoms with Crippen molar-refractivity contribution in [2.24, 2.45) is 0 Å². The second kappa shape index (κ2) is 5.57. The number of rotatable bonds is 4. The number of hydrogen-bond donors (Lipinski definition) is 1. The van der Waals surface area contributed by atoms with E-state index in [0.29, 0.717) is 12.1 Å². The summed E-state index contributed by atoms with van der Waals surface area (Å²) >= 11 is 0. The highest BCUT2D eigenvalue weighted by Crippen LogP contribution is 2.29. The van der Waals surface area contributed by atoms with Crippen LogP contribution in [0, 0.1) is 6.92 Å². The van der Waals surface area contributed by atoms with Crippen molar-refractivity contribution in [2.75, 3.05) is 11.4 Å². The molecule has 0 aliphatic carbocycles. The number of aromatic carboxylic acids is 1. The smallest absolute Gasteiger partial charge is 0.337 e. The third-order valence-electron chi connectivity index (χ3n) is 3.06. The number of carbonyl (C=O) groups is 1. The fourth-order valence-corrected chi connectivity index (χ4v) is 2.16. The fourth-order valence-electron chi connectivity index (χ4n) is 2.16. The van der Waals surface area contributed by atoms with Crippen molar-refractivity contribution in [1.82, 2.24) is 0 Å². The predicted octanol–water partition coefficient (Wildman–Crippen LogP) is 3.85. The van der Waals surface area contributed by atoms with E-state index < -0.39 is 5.97 Å². The molecule has 1 N–H and O–H groups in total. The third-order valence-corrected chi connectivity index (χ3v) is 3.06. The van der Waals surface area contributed by atoms with Gasteiger partial charge in [-0.15, -0.1) is 0 Å². The number of nitrogens with zero attached hydrogens (tertiary/aromatic N) is 1. The highest BCUT2D eigenvalue weighted by atomic mass is 16.4. The molecule has 0 fully saturated rings. The average molecular weight is 255 g/mol. The number of hydrogen-bond acceptors (Lipinski definition) is 2. The molecule has 0 unspecified atom stereocenters. The summed E-state index contributed by atoms with van der Waals surface area (Å²) < 4.78 is 0. The molecule has 0 saturated heterocycles. The van der Waals surface area contributed by atoms with Crippen molar-refractivity contribution in [3.05, 3.63) is 59.7 Å². The van der Waals surface area contributed by atoms with Crippen LogP contribution in [0.5, 0.6) is 0 Å². The van der Waals surface area contributed by atoms with Gasteiger partial charge in [0.05, 0.1) is 11.3 Å². The van der Waals surface area contributed by atoms with Gasteiger partial charge in [-0.2, -0.15) is 0 Å². The maximum Gasteiger partial charge on any atom is 0.337 e. The molecule has 0 saturated carbocycles. The van der Waals surface area contributed by atoms with Crippen molar-refractivity contribution >= 4 is 17.3 Å². The first-order valence-corrected chi connectivity index (χ1v) is 6.30. The van der Waals surface area contributed by atoms with Gasteiger partial charge in [-0.1, -0.05) is 29.8 Å². The lowest BCUT2D eigenvalue weighted by molar-refractivity contribution is 0.0697. The number of carboxylic acid groups (broad SMARTS) is 1. The van der Waals surface area contributed by atoms with Gasteiger partial charge in [0.2, 0.25) is 0 Å². The Morgan fingerprint density at radius 1 is 1.16 bits per heavy atom. The zero-order valence-electron chi connectivity index (χ0n) is 11.1. The summed E-state index contributed by atoms with van der Waals surface area (Å²) in [6, 6.07) is 15.3. The van der Waals surface area contributed by atoms with Gasteiger partial charge in [-0.05, 0) is 38.1 Å². The molecule has 2 rings (SSSR count). The Kier molecular flexibility index (Phi) is 3.85. The first kappa shape index (κ1) is 13.1. The first-order chi connectivity index (χ1) is 9.13. The van der Waals surface area contributed by atoms with Crippen LogP contribution in [0.1, 0.15) is 22.8 Å². The second-order valence-electron chi connectivity index (χ2n) is 4.41. The summed E-state index contributed by atoms with van der Waals surface area (Å²) in [5, 5.41) is 9.35. The van der Waals surface area contributed by atoms with Gasteiger partial charge < -0.3 is 10.0 Å². The quantitative estimate of drug-likeness (QED) is 0.902. The molecule has 0 aliphatic heterocycles. The fraction of sp³-hybridized carbons (Fsp3) is 0.188. The number of carboxylic acids is 1. The number of aryl methyl sites for hydroxylation is 1. The molecule has 3 nitrogen and oxygen atoms in total. The van der Waals surface area contributed by atoms with E-state index in [2.05, 4.69) is 0 Å². The van der Waals surface area contributed by atoms with E-state index >= 15 is 0 Å². The van der Waals surface area contributed by atoms with Crippen LogP contribution in [0.2, 0.25) is 0 Å². The number of benzene rings is 2. The van der Waals surface area contributed by atoms with Gasteiger partial charge in [-0.25, -0.2) is 4.79 Å². The minimum atomic E-state index is -0.895. The van der Waals surface area contributed by atoms with Gasteiger partial charge >= 0.3 is 5.97 Å². The van der Waals surface area contributed by atoms with E-state index in [9.17, 15) is 9.90 Å². The maximum absolute atomic E-state index is 11.4. The van der Waals surface area contributed by atoms with E-state index in [1.165, 1.54) is 0 Å². The van der Waals surface area contributed by atoms with Gasteiger partial charge in [0.15, 0.2) is 0 Å². The molecule has 0 atom stereocenters. The van der Waals surface area contributed by atoms with Crippen LogP contribution in [0.25, 0.3) is 0 Å². The van der Waals surface area contributed by atoms with Crippen LogP contribution in [0.15, 0.2) is 48.5 Å². The van der Waals surface area contributed by atoms with Gasteiger partial charge in [-0.3, -0.25) is 0 Å². The van der Waals surface area contributed by atoms with Crippen LogP contribution < -0.4 is 4.90 Å². The number of anilines is 2. The van der Waals surface area contributed by atoms with Crippen LogP contribution >= 0.6 is 0 Å². The minimum Gasteiger partial charge on any atom is -0.478 e. The predicted molar refractivity (Wildman–Crippen MR) is 77.3 cm³/mol. The lowest BCUT2D eigenvalue weighted by atomic mass is 10.1. The monoisotopic (exact) mass is 255 g/mol. The largest absolute Gasteiger partial charge is 0.478 e. The molecule has 98 valence electrons. The van der Waals surface area contributed by atoms with E-state index in [-0.39, 0.29) is 0 Å². The topological polar surface area (TPSA) is 40.5 Å². The Hall–Kier alpha value is -2.29. The number of para-hydroxylation sites is 1. The zero-order chi connectivity index (χ0) is 13.8. The molecule has 0 heterocycles. The minimum absolute atomic E-state index is 0.339. The molecular formula is C16H17NO2. The van der Waals surface area contributed by atoms with Gasteiger partial charge in [0.1, 0.15) is 0 Å². The van der Waals surface area contributed by atoms with E-state index in [4.69, 9.17) is 0 Å². The molecule has 0 amide bonds. The Bertz CT molecular complexity index is 579. The molecule has 0 radical (unpaired) electrons. The van der Waals surface area contributed by atoms with Crippen LogP contribution in [-0.4, -0.2) is 17.6 Å². The van der Waals surface area contributed by atoms with Crippen LogP contribution in [0.4, 0.5) is 11.4 Å². The van der Waals surface area contributed by atoms with E-state index in [1.54, 1.807) is 6.07 Å². The third kappa shape index (κ3) is 2.76. The Morgan fingerprint density at radius 3 is 2.42 bits per heavy atom. The summed E-state index contributed by atoms with van der Waals surface area (Å²) in [5.74, 6) is -0.895. The Balaban J connectivity index is 2.53. The average Bonchev–Trinajstić information content (AvgIpc) is 2.42. The summed E-state index contributed by atoms with van der Waals surface area (Å²) in [6.45, 7) is 4.63. The maximum atomic E-state index is 11.4. The molecule has 0 bridgehead atoms. The van der Waals surface area contributed by atoms with Crippen molar-refractivity contribution in [2.45, 2.75) is 13.8 Å². The molecule has 3 heteroatoms. The highest BCUT2D eigenvalue weighted by molar-refractivity contribution is 5.95. The SMILES string of the molecule is CCN(c1ccccc1)c1ccc(C)cc1C(=O)O. The van der Waals surface area contributed by atoms with Crippen molar-refractivity contribution in [3.63, 3.8) is 0 Å². The molecule has 2 aromatic carbocycles. The normalized spacial score (nSPS) is 10.2. The van der Waals surface area contributed by atoms with Crippen LogP contribution in [-0.2, 0) is 0 Å². The molecule has 2 aromatic rings. The van der Waals surface area contributed by atoms with E-state index in [1.807, 2.05) is 61.2 Å². The zero-order valence-corrected chi connectivity index (χ0v) is 11.1. The molecule has 0 spiro atoms. The van der Waals surface area contributed by atoms with E-state index in [0.717, 1.165) is 16.9 Å². The molecule has 0 aromatic heterocycles. The second-order valence-corrected chi connectivity index (χ2v) is 4.41. The standard InChI is InChI=1S/C16H17NO2/c1-3-17(13-7-5-4-6-8-13)15-10-9-12(2)11-14(15)16(18)19/h4-11H,3H2,1-2H3,(H,18,19). The van der Waals surface area contributed by atoms with Gasteiger partial charge in [0, 0.05) is 12.2 Å². The summed E-state index contributed by atoms with van der Waals surface area (Å²) in [6.07, 6.45) is 0. The lowest BCUT2D eigenvalue weighted by Gasteiger charge is -2.25. The Morgan fingerprint density at radius 2 is 1.84 bits per heavy atom. The molecular weight excluding hydrogens is 238 g/mol. The summed E-state index contributed by atoms with van der Waals surface area (Å²) in [5.41, 5.74) is 3.01. The van der Waals surface area contributed by atoms with Crippen molar-refractivity contribution in [3.8, 4) is 0 Å². The van der Waals surface area contributed by atoms with Gasteiger partial charge in [0.25, 0.3) is 0 Å². The summed E-state index contributed by atoms with van der Waals surface area (Å²) in [7, 11) is 0. The van der Waals surface area contributed by atoms with Crippen molar-refractivity contribution in [1.29, 1.82) is 0 Å². The lowest BCUT2D eigenvalue weighted by Crippen LogP contribution is -2.19. The first-order valence-electron chi connectivity index (χ1n) is 6.30. The molecule has 0 aliphatic rings.